The van der Waals surface area contributed by atoms with E-state index in [0.29, 0.717) is 24.2 Å². The lowest BCUT2D eigenvalue weighted by molar-refractivity contribution is -0.132. The zero-order valence-electron chi connectivity index (χ0n) is 12.9. The second kappa shape index (κ2) is 8.54. The average molecular weight is 269 g/mol. The Labute approximate surface area is 118 Å². The molecule has 0 aliphatic carbocycles. The minimum Gasteiger partial charge on any atom is -0.341 e. The summed E-state index contributed by atoms with van der Waals surface area (Å²) in [5, 5.41) is 0. The van der Waals surface area contributed by atoms with Gasteiger partial charge in [-0.1, -0.05) is 27.2 Å². The largest absolute Gasteiger partial charge is 0.341 e. The second-order valence-electron chi connectivity index (χ2n) is 6.09. The topological polar surface area (TPSA) is 49.6 Å². The Balaban J connectivity index is 2.38. The van der Waals surface area contributed by atoms with E-state index in [1.165, 1.54) is 0 Å². The first-order valence-corrected chi connectivity index (χ1v) is 7.77. The van der Waals surface area contributed by atoms with Gasteiger partial charge in [0.25, 0.3) is 0 Å². The molecule has 0 aromatic heterocycles. The first kappa shape index (κ1) is 16.4. The zero-order chi connectivity index (χ0) is 14.3. The van der Waals surface area contributed by atoms with Crippen LogP contribution in [0.15, 0.2) is 0 Å². The molecular formula is C15H31N3O. The number of nitrogens with two attached hydrogens (primary N) is 1. The maximum absolute atomic E-state index is 12.2. The molecular weight excluding hydrogens is 238 g/mol. The van der Waals surface area contributed by atoms with Gasteiger partial charge in [-0.05, 0) is 31.3 Å². The van der Waals surface area contributed by atoms with E-state index in [1.807, 2.05) is 0 Å². The van der Waals surface area contributed by atoms with Gasteiger partial charge in [-0.25, -0.2) is 0 Å². The Morgan fingerprint density at radius 3 is 2.53 bits per heavy atom. The van der Waals surface area contributed by atoms with Crippen LogP contribution in [-0.4, -0.2) is 55.0 Å². The molecule has 4 nitrogen and oxygen atoms in total. The average Bonchev–Trinajstić information content (AvgIpc) is 2.64. The van der Waals surface area contributed by atoms with Gasteiger partial charge in [0.2, 0.25) is 5.91 Å². The molecule has 0 radical (unpaired) electrons. The second-order valence-corrected chi connectivity index (χ2v) is 6.09. The summed E-state index contributed by atoms with van der Waals surface area (Å²) in [5.74, 6) is 1.38. The monoisotopic (exact) mass is 269 g/mol. The highest BCUT2D eigenvalue weighted by Crippen LogP contribution is 2.12. The SMILES string of the molecule is CCC(C)CC(=O)N1CCCN(CC(C)CN)CC1. The Bertz CT molecular complexity index is 270. The number of amides is 1. The van der Waals surface area contributed by atoms with Crippen molar-refractivity contribution in [3.63, 3.8) is 0 Å². The number of carbonyl (C=O) groups is 1. The maximum Gasteiger partial charge on any atom is 0.222 e. The maximum atomic E-state index is 12.2. The van der Waals surface area contributed by atoms with Gasteiger partial charge in [0.1, 0.15) is 0 Å². The normalized spacial score (nSPS) is 20.9. The molecule has 0 aromatic carbocycles. The minimum atomic E-state index is 0.336. The molecule has 1 rings (SSSR count). The van der Waals surface area contributed by atoms with Gasteiger partial charge >= 0.3 is 0 Å². The molecule has 1 saturated heterocycles. The van der Waals surface area contributed by atoms with Gasteiger partial charge in [0.05, 0.1) is 0 Å². The quantitative estimate of drug-likeness (QED) is 0.796. The van der Waals surface area contributed by atoms with Gasteiger partial charge in [0, 0.05) is 32.6 Å². The molecule has 2 N–H and O–H groups in total. The fraction of sp³-hybridized carbons (Fsp3) is 0.933. The van der Waals surface area contributed by atoms with E-state index in [-0.39, 0.29) is 0 Å². The highest BCUT2D eigenvalue weighted by atomic mass is 16.2. The first-order chi connectivity index (χ1) is 9.06. The van der Waals surface area contributed by atoms with Crippen LogP contribution in [0.25, 0.3) is 0 Å². The third-order valence-corrected chi connectivity index (χ3v) is 4.13. The molecule has 4 heteroatoms. The predicted molar refractivity (Wildman–Crippen MR) is 79.9 cm³/mol. The summed E-state index contributed by atoms with van der Waals surface area (Å²) in [6, 6.07) is 0. The van der Waals surface area contributed by atoms with E-state index < -0.39 is 0 Å². The van der Waals surface area contributed by atoms with Crippen molar-refractivity contribution in [2.75, 3.05) is 39.3 Å². The standard InChI is InChI=1S/C15H31N3O/c1-4-13(2)10-15(19)18-7-5-6-17(8-9-18)12-14(3)11-16/h13-14H,4-12,16H2,1-3H3. The fourth-order valence-corrected chi connectivity index (χ4v) is 2.49. The molecule has 2 atom stereocenters. The molecule has 1 aliphatic heterocycles. The van der Waals surface area contributed by atoms with Gasteiger partial charge in [-0.15, -0.1) is 0 Å². The van der Waals surface area contributed by atoms with E-state index in [4.69, 9.17) is 5.73 Å². The molecule has 1 fully saturated rings. The van der Waals surface area contributed by atoms with Crippen LogP contribution in [0.5, 0.6) is 0 Å². The van der Waals surface area contributed by atoms with Crippen LogP contribution in [-0.2, 0) is 4.79 Å². The fourth-order valence-electron chi connectivity index (χ4n) is 2.49. The lowest BCUT2D eigenvalue weighted by Crippen LogP contribution is -2.37. The van der Waals surface area contributed by atoms with Crippen molar-refractivity contribution < 1.29 is 4.79 Å². The van der Waals surface area contributed by atoms with Crippen LogP contribution in [0.3, 0.4) is 0 Å². The molecule has 0 saturated carbocycles. The Hall–Kier alpha value is -0.610. The van der Waals surface area contributed by atoms with Crippen molar-refractivity contribution in [1.82, 2.24) is 9.80 Å². The van der Waals surface area contributed by atoms with Crippen molar-refractivity contribution in [1.29, 1.82) is 0 Å². The number of hydrogen-bond acceptors (Lipinski definition) is 3. The molecule has 0 aromatic rings. The van der Waals surface area contributed by atoms with E-state index in [0.717, 1.165) is 52.1 Å². The summed E-state index contributed by atoms with van der Waals surface area (Å²) in [6.07, 6.45) is 2.87. The van der Waals surface area contributed by atoms with Gasteiger partial charge in [0.15, 0.2) is 0 Å². The van der Waals surface area contributed by atoms with Crippen LogP contribution >= 0.6 is 0 Å². The van der Waals surface area contributed by atoms with Crippen LogP contribution in [0.2, 0.25) is 0 Å². The minimum absolute atomic E-state index is 0.336. The molecule has 0 spiro atoms. The molecule has 19 heavy (non-hydrogen) atoms. The summed E-state index contributed by atoms with van der Waals surface area (Å²) in [7, 11) is 0. The van der Waals surface area contributed by atoms with Crippen molar-refractivity contribution in [3.8, 4) is 0 Å². The number of hydrogen-bond donors (Lipinski definition) is 1. The molecule has 1 aliphatic rings. The predicted octanol–water partition coefficient (Wildman–Crippen LogP) is 1.55. The lowest BCUT2D eigenvalue weighted by Gasteiger charge is -2.24. The highest BCUT2D eigenvalue weighted by molar-refractivity contribution is 5.76. The number of carbonyl (C=O) groups excluding carboxylic acids is 1. The molecule has 112 valence electrons. The van der Waals surface area contributed by atoms with Crippen LogP contribution in [0, 0.1) is 11.8 Å². The van der Waals surface area contributed by atoms with E-state index in [1.54, 1.807) is 0 Å². The summed E-state index contributed by atoms with van der Waals surface area (Å²) < 4.78 is 0. The van der Waals surface area contributed by atoms with Crippen LogP contribution < -0.4 is 5.73 Å². The summed E-state index contributed by atoms with van der Waals surface area (Å²) in [4.78, 5) is 16.7. The first-order valence-electron chi connectivity index (χ1n) is 7.77. The van der Waals surface area contributed by atoms with E-state index in [9.17, 15) is 4.79 Å². The molecule has 0 bridgehead atoms. The van der Waals surface area contributed by atoms with Crippen molar-refractivity contribution >= 4 is 5.91 Å². The van der Waals surface area contributed by atoms with Gasteiger partial charge in [-0.2, -0.15) is 0 Å². The molecule has 1 amide bonds. The van der Waals surface area contributed by atoms with Crippen molar-refractivity contribution in [2.45, 2.75) is 40.0 Å². The van der Waals surface area contributed by atoms with Crippen molar-refractivity contribution in [2.24, 2.45) is 17.6 Å². The molecule has 2 unspecified atom stereocenters. The number of rotatable bonds is 6. The Morgan fingerprint density at radius 1 is 1.16 bits per heavy atom. The third-order valence-electron chi connectivity index (χ3n) is 4.13. The Morgan fingerprint density at radius 2 is 1.89 bits per heavy atom. The Kier molecular flexibility index (Phi) is 7.39. The zero-order valence-corrected chi connectivity index (χ0v) is 12.9. The molecule has 1 heterocycles. The third kappa shape index (κ3) is 5.91. The van der Waals surface area contributed by atoms with Crippen LogP contribution in [0.1, 0.15) is 40.0 Å². The smallest absolute Gasteiger partial charge is 0.222 e. The van der Waals surface area contributed by atoms with E-state index in [2.05, 4.69) is 30.6 Å². The number of nitrogens with zero attached hydrogens (tertiary/aromatic N) is 2. The van der Waals surface area contributed by atoms with Gasteiger partial charge in [-0.3, -0.25) is 4.79 Å². The summed E-state index contributed by atoms with van der Waals surface area (Å²) in [6.45, 7) is 12.2. The van der Waals surface area contributed by atoms with Crippen molar-refractivity contribution in [3.05, 3.63) is 0 Å². The van der Waals surface area contributed by atoms with Gasteiger partial charge < -0.3 is 15.5 Å². The summed E-state index contributed by atoms with van der Waals surface area (Å²) in [5.41, 5.74) is 5.68. The van der Waals surface area contributed by atoms with E-state index >= 15 is 0 Å². The lowest BCUT2D eigenvalue weighted by atomic mass is 10.0. The van der Waals surface area contributed by atoms with Crippen LogP contribution in [0.4, 0.5) is 0 Å². The summed E-state index contributed by atoms with van der Waals surface area (Å²) >= 11 is 0. The highest BCUT2D eigenvalue weighted by Gasteiger charge is 2.20.